The van der Waals surface area contributed by atoms with E-state index in [9.17, 15) is 9.59 Å². The molecule has 2 aliphatic rings. The molecule has 2 amide bonds. The summed E-state index contributed by atoms with van der Waals surface area (Å²) in [6.07, 6.45) is 0.727. The highest BCUT2D eigenvalue weighted by Gasteiger charge is 2.42. The molecule has 2 atom stereocenters. The van der Waals surface area contributed by atoms with Crippen LogP contribution in [-0.2, 0) is 9.59 Å². The minimum Gasteiger partial charge on any atom is -0.277 e. The molecule has 1 N–H and O–H groups in total. The number of benzene rings is 3. The van der Waals surface area contributed by atoms with Gasteiger partial charge >= 0.3 is 0 Å². The summed E-state index contributed by atoms with van der Waals surface area (Å²) >= 11 is 1.10. The minimum absolute atomic E-state index is 0.0693. The summed E-state index contributed by atoms with van der Waals surface area (Å²) in [4.78, 5) is 26.9. The molecule has 0 aromatic heterocycles. The molecule has 164 valence electrons. The Morgan fingerprint density at radius 1 is 0.848 bits per heavy atom. The molecular formula is C26H22N4O2S. The number of nitrogens with zero attached hydrogens (tertiary/aromatic N) is 3. The van der Waals surface area contributed by atoms with Gasteiger partial charge in [-0.25, -0.2) is 9.91 Å². The van der Waals surface area contributed by atoms with Crippen molar-refractivity contribution in [2.75, 3.05) is 4.90 Å². The molecule has 0 spiro atoms. The summed E-state index contributed by atoms with van der Waals surface area (Å²) in [7, 11) is 0. The van der Waals surface area contributed by atoms with Gasteiger partial charge in [0.15, 0.2) is 5.17 Å². The average molecular weight is 455 g/mol. The quantitative estimate of drug-likeness (QED) is 0.348. The highest BCUT2D eigenvalue weighted by atomic mass is 32.2. The highest BCUT2D eigenvalue weighted by Crippen LogP contribution is 2.37. The first-order chi connectivity index (χ1) is 16.1. The van der Waals surface area contributed by atoms with Crippen LogP contribution >= 0.6 is 11.8 Å². The van der Waals surface area contributed by atoms with Crippen LogP contribution in [0.3, 0.4) is 0 Å². The molecule has 3 aromatic rings. The Morgan fingerprint density at radius 2 is 1.45 bits per heavy atom. The van der Waals surface area contributed by atoms with Gasteiger partial charge in [-0.2, -0.15) is 5.10 Å². The number of carbonyl (C=O) groups excluding carboxylic acids is 2. The third-order valence-corrected chi connectivity index (χ3v) is 6.85. The Labute approximate surface area is 196 Å². The second kappa shape index (κ2) is 9.03. The first-order valence-corrected chi connectivity index (χ1v) is 11.6. The molecule has 0 saturated carbocycles. The minimum atomic E-state index is -0.641. The molecule has 0 aliphatic carbocycles. The van der Waals surface area contributed by atoms with Crippen molar-refractivity contribution in [3.63, 3.8) is 0 Å². The number of hydrogen-bond acceptors (Lipinski definition) is 5. The van der Waals surface area contributed by atoms with Gasteiger partial charge in [-0.15, -0.1) is 0 Å². The number of imide groups is 1. The monoisotopic (exact) mass is 454 g/mol. The third kappa shape index (κ3) is 4.19. The Bertz CT molecular complexity index is 1210. The van der Waals surface area contributed by atoms with Crippen molar-refractivity contribution >= 4 is 40.1 Å². The topological polar surface area (TPSA) is 76.8 Å². The fraction of sp³-hybridized carbons (Fsp3) is 0.154. The number of carbonyl (C=O) groups is 2. The molecule has 2 aliphatic heterocycles. The van der Waals surface area contributed by atoms with Gasteiger partial charge in [0, 0.05) is 12.8 Å². The van der Waals surface area contributed by atoms with Crippen molar-refractivity contribution < 1.29 is 9.59 Å². The summed E-state index contributed by atoms with van der Waals surface area (Å²) < 4.78 is 0. The number of hydrazone groups is 1. The SMILES string of the molecule is N=C(S[C@H]1CC(=O)N(c2ccccc2)C1=O)N1N=C(c2ccccc2)C[C@H]1c1ccccc1. The van der Waals surface area contributed by atoms with E-state index in [2.05, 4.69) is 0 Å². The lowest BCUT2D eigenvalue weighted by atomic mass is 9.99. The number of anilines is 1. The largest absolute Gasteiger partial charge is 0.277 e. The maximum atomic E-state index is 13.0. The smallest absolute Gasteiger partial charge is 0.247 e. The normalized spacial score (nSPS) is 20.3. The first kappa shape index (κ1) is 21.2. The van der Waals surface area contributed by atoms with Crippen LogP contribution in [0, 0.1) is 5.41 Å². The molecule has 5 rings (SSSR count). The number of amides is 2. The van der Waals surface area contributed by atoms with Crippen LogP contribution in [0.4, 0.5) is 5.69 Å². The van der Waals surface area contributed by atoms with Crippen molar-refractivity contribution in [3.8, 4) is 0 Å². The highest BCUT2D eigenvalue weighted by molar-refractivity contribution is 8.14. The van der Waals surface area contributed by atoms with Crippen LogP contribution in [-0.4, -0.2) is 33.0 Å². The molecule has 2 heterocycles. The lowest BCUT2D eigenvalue weighted by Crippen LogP contribution is -2.32. The van der Waals surface area contributed by atoms with Crippen LogP contribution < -0.4 is 4.90 Å². The average Bonchev–Trinajstić information content (AvgIpc) is 3.42. The summed E-state index contributed by atoms with van der Waals surface area (Å²) in [5.41, 5.74) is 3.53. The predicted molar refractivity (Wildman–Crippen MR) is 131 cm³/mol. The zero-order valence-electron chi connectivity index (χ0n) is 17.8. The lowest BCUT2D eigenvalue weighted by molar-refractivity contribution is -0.121. The standard InChI is InChI=1S/C26H22N4O2S/c27-26(33-23-17-24(31)29(25(23)32)20-14-8-3-9-15-20)30-22(19-12-6-2-7-13-19)16-21(28-30)18-10-4-1-5-11-18/h1-15,22-23,27H,16-17H2/t22-,23-/m0/s1. The number of rotatable bonds is 4. The van der Waals surface area contributed by atoms with E-state index < -0.39 is 5.25 Å². The van der Waals surface area contributed by atoms with Gasteiger partial charge in [-0.1, -0.05) is 90.6 Å². The summed E-state index contributed by atoms with van der Waals surface area (Å²) in [5.74, 6) is -0.533. The molecule has 1 fully saturated rings. The zero-order chi connectivity index (χ0) is 22.8. The molecule has 0 bridgehead atoms. The van der Waals surface area contributed by atoms with Crippen molar-refractivity contribution in [3.05, 3.63) is 102 Å². The van der Waals surface area contributed by atoms with E-state index in [0.717, 1.165) is 28.6 Å². The van der Waals surface area contributed by atoms with E-state index in [0.29, 0.717) is 12.1 Å². The zero-order valence-corrected chi connectivity index (χ0v) is 18.6. The van der Waals surface area contributed by atoms with E-state index in [4.69, 9.17) is 10.5 Å². The Morgan fingerprint density at radius 3 is 2.12 bits per heavy atom. The summed E-state index contributed by atoms with van der Waals surface area (Å²) in [6.45, 7) is 0. The van der Waals surface area contributed by atoms with Crippen LogP contribution in [0.25, 0.3) is 0 Å². The third-order valence-electron chi connectivity index (χ3n) is 5.78. The van der Waals surface area contributed by atoms with Crippen LogP contribution in [0.1, 0.15) is 30.0 Å². The van der Waals surface area contributed by atoms with E-state index in [-0.39, 0.29) is 29.4 Å². The van der Waals surface area contributed by atoms with E-state index in [1.807, 2.05) is 66.7 Å². The van der Waals surface area contributed by atoms with Crippen molar-refractivity contribution in [2.45, 2.75) is 24.1 Å². The van der Waals surface area contributed by atoms with Crippen LogP contribution in [0.5, 0.6) is 0 Å². The number of para-hydroxylation sites is 1. The summed E-state index contributed by atoms with van der Waals surface area (Å²) in [6, 6.07) is 28.7. The van der Waals surface area contributed by atoms with Gasteiger partial charge in [0.25, 0.3) is 0 Å². The van der Waals surface area contributed by atoms with Crippen molar-refractivity contribution in [1.29, 1.82) is 5.41 Å². The van der Waals surface area contributed by atoms with E-state index >= 15 is 0 Å². The summed E-state index contributed by atoms with van der Waals surface area (Å²) in [5, 5.41) is 14.8. The van der Waals surface area contributed by atoms with Gasteiger partial charge in [-0.3, -0.25) is 15.0 Å². The molecule has 1 saturated heterocycles. The molecule has 6 nitrogen and oxygen atoms in total. The first-order valence-electron chi connectivity index (χ1n) is 10.8. The Balaban J connectivity index is 1.39. The lowest BCUT2D eigenvalue weighted by Gasteiger charge is -2.24. The van der Waals surface area contributed by atoms with E-state index in [1.165, 1.54) is 4.90 Å². The second-order valence-electron chi connectivity index (χ2n) is 7.91. The van der Waals surface area contributed by atoms with Crippen molar-refractivity contribution in [1.82, 2.24) is 5.01 Å². The number of hydrogen-bond donors (Lipinski definition) is 1. The van der Waals surface area contributed by atoms with Gasteiger partial charge in [0.05, 0.1) is 17.4 Å². The van der Waals surface area contributed by atoms with Crippen molar-refractivity contribution in [2.24, 2.45) is 5.10 Å². The van der Waals surface area contributed by atoms with Crippen LogP contribution in [0.2, 0.25) is 0 Å². The maximum Gasteiger partial charge on any atom is 0.247 e. The number of nitrogens with one attached hydrogen (secondary N) is 1. The number of amidine groups is 1. The maximum absolute atomic E-state index is 13.0. The predicted octanol–water partition coefficient (Wildman–Crippen LogP) is 4.84. The van der Waals surface area contributed by atoms with Gasteiger partial charge in [-0.05, 0) is 23.3 Å². The van der Waals surface area contributed by atoms with Gasteiger partial charge < -0.3 is 0 Å². The molecule has 3 aromatic carbocycles. The van der Waals surface area contributed by atoms with Gasteiger partial charge in [0.2, 0.25) is 11.8 Å². The Kier molecular flexibility index (Phi) is 5.79. The molecule has 33 heavy (non-hydrogen) atoms. The number of thioether (sulfide) groups is 1. The molecule has 0 radical (unpaired) electrons. The fourth-order valence-electron chi connectivity index (χ4n) is 4.17. The Hall–Kier alpha value is -3.71. The molecule has 7 heteroatoms. The second-order valence-corrected chi connectivity index (χ2v) is 9.10. The fourth-order valence-corrected chi connectivity index (χ4v) is 5.15. The van der Waals surface area contributed by atoms with Gasteiger partial charge in [0.1, 0.15) is 5.25 Å². The van der Waals surface area contributed by atoms with E-state index in [1.54, 1.807) is 29.3 Å². The molecule has 0 unspecified atom stereocenters. The van der Waals surface area contributed by atoms with Crippen LogP contribution in [0.15, 0.2) is 96.1 Å². The molecular weight excluding hydrogens is 432 g/mol.